The molecule has 94 valence electrons. The van der Waals surface area contributed by atoms with E-state index in [0.29, 0.717) is 25.1 Å². The summed E-state index contributed by atoms with van der Waals surface area (Å²) in [6.45, 7) is 4.23. The van der Waals surface area contributed by atoms with E-state index in [-0.39, 0.29) is 5.97 Å². The lowest BCUT2D eigenvalue weighted by Crippen LogP contribution is -2.05. The van der Waals surface area contributed by atoms with Gasteiger partial charge >= 0.3 is 5.97 Å². The van der Waals surface area contributed by atoms with E-state index in [1.807, 2.05) is 6.07 Å². The second-order valence-electron chi connectivity index (χ2n) is 3.86. The molecule has 4 heteroatoms. The number of nitrogens with one attached hydrogen (secondary N) is 1. The van der Waals surface area contributed by atoms with Gasteiger partial charge in [-0.15, -0.1) is 0 Å². The van der Waals surface area contributed by atoms with Crippen molar-refractivity contribution in [2.45, 2.75) is 39.5 Å². The average molecular weight is 237 g/mol. The highest BCUT2D eigenvalue weighted by atomic mass is 16.5. The van der Waals surface area contributed by atoms with E-state index in [4.69, 9.17) is 4.74 Å². The maximum Gasteiger partial charge on any atom is 0.354 e. The highest BCUT2D eigenvalue weighted by Gasteiger charge is 2.13. The van der Waals surface area contributed by atoms with Crippen molar-refractivity contribution in [1.82, 2.24) is 4.98 Å². The van der Waals surface area contributed by atoms with Crippen molar-refractivity contribution in [2.24, 2.45) is 0 Å². The summed E-state index contributed by atoms with van der Waals surface area (Å²) >= 11 is 0. The fraction of sp³-hybridized carbons (Fsp3) is 0.538. The fourth-order valence-corrected chi connectivity index (χ4v) is 1.78. The molecule has 0 saturated carbocycles. The van der Waals surface area contributed by atoms with Gasteiger partial charge in [0, 0.05) is 12.1 Å². The van der Waals surface area contributed by atoms with E-state index in [1.165, 1.54) is 0 Å². The summed E-state index contributed by atoms with van der Waals surface area (Å²) in [7, 11) is 0. The zero-order valence-electron chi connectivity index (χ0n) is 10.4. The Morgan fingerprint density at radius 1 is 1.41 bits per heavy atom. The zero-order chi connectivity index (χ0) is 12.7. The number of aldehydes is 1. The van der Waals surface area contributed by atoms with E-state index in [0.717, 1.165) is 30.4 Å². The molecule has 0 aliphatic heterocycles. The van der Waals surface area contributed by atoms with Gasteiger partial charge in [0.15, 0.2) is 0 Å². The second kappa shape index (κ2) is 6.89. The van der Waals surface area contributed by atoms with Crippen molar-refractivity contribution >= 4 is 12.3 Å². The third-order valence-electron chi connectivity index (χ3n) is 2.52. The van der Waals surface area contributed by atoms with E-state index < -0.39 is 0 Å². The van der Waals surface area contributed by atoms with Gasteiger partial charge in [-0.2, -0.15) is 0 Å². The molecule has 0 aliphatic carbocycles. The Morgan fingerprint density at radius 2 is 2.18 bits per heavy atom. The van der Waals surface area contributed by atoms with Crippen LogP contribution in [0.4, 0.5) is 0 Å². The number of rotatable bonds is 7. The third-order valence-corrected chi connectivity index (χ3v) is 2.52. The molecule has 0 saturated heterocycles. The van der Waals surface area contributed by atoms with Crippen LogP contribution in [0.3, 0.4) is 0 Å². The summed E-state index contributed by atoms with van der Waals surface area (Å²) in [5, 5.41) is 0. The smallest absolute Gasteiger partial charge is 0.354 e. The largest absolute Gasteiger partial charge is 0.461 e. The minimum Gasteiger partial charge on any atom is -0.461 e. The molecule has 1 aromatic rings. The van der Waals surface area contributed by atoms with Crippen LogP contribution in [0.25, 0.3) is 0 Å². The predicted octanol–water partition coefficient (Wildman–Crippen LogP) is 2.28. The van der Waals surface area contributed by atoms with Crippen LogP contribution in [-0.4, -0.2) is 23.8 Å². The van der Waals surface area contributed by atoms with E-state index in [1.54, 1.807) is 6.92 Å². The van der Waals surface area contributed by atoms with Crippen LogP contribution in [0.5, 0.6) is 0 Å². The first kappa shape index (κ1) is 13.5. The number of H-pyrrole nitrogens is 1. The highest BCUT2D eigenvalue weighted by Crippen LogP contribution is 2.15. The molecule has 1 heterocycles. The average Bonchev–Trinajstić information content (AvgIpc) is 2.71. The van der Waals surface area contributed by atoms with Crippen LogP contribution in [0, 0.1) is 0 Å². The second-order valence-corrected chi connectivity index (χ2v) is 3.86. The van der Waals surface area contributed by atoms with Crippen molar-refractivity contribution < 1.29 is 14.3 Å². The van der Waals surface area contributed by atoms with Gasteiger partial charge in [0.05, 0.1) is 6.61 Å². The molecule has 0 aliphatic rings. The van der Waals surface area contributed by atoms with E-state index in [9.17, 15) is 9.59 Å². The Hall–Kier alpha value is -1.58. The quantitative estimate of drug-likeness (QED) is 0.584. The number of aromatic nitrogens is 1. The Bertz CT molecular complexity index is 382. The molecule has 0 amide bonds. The van der Waals surface area contributed by atoms with Crippen LogP contribution >= 0.6 is 0 Å². The molecule has 0 aromatic carbocycles. The summed E-state index contributed by atoms with van der Waals surface area (Å²) in [6.07, 6.45) is 3.93. The van der Waals surface area contributed by atoms with Crippen LogP contribution in [0.15, 0.2) is 6.07 Å². The van der Waals surface area contributed by atoms with Crippen molar-refractivity contribution in [3.05, 3.63) is 23.0 Å². The van der Waals surface area contributed by atoms with Gasteiger partial charge in [-0.25, -0.2) is 4.79 Å². The zero-order valence-corrected chi connectivity index (χ0v) is 10.4. The molecule has 0 fully saturated rings. The lowest BCUT2D eigenvalue weighted by Gasteiger charge is -1.99. The van der Waals surface area contributed by atoms with Crippen LogP contribution in [0.2, 0.25) is 0 Å². The minimum absolute atomic E-state index is 0.331. The van der Waals surface area contributed by atoms with Gasteiger partial charge in [-0.1, -0.05) is 13.3 Å². The molecule has 1 N–H and O–H groups in total. The SMILES string of the molecule is CCCc1cc(C(=O)OCC)[nH]c1CCC=O. The van der Waals surface area contributed by atoms with Gasteiger partial charge in [0.25, 0.3) is 0 Å². The highest BCUT2D eigenvalue weighted by molar-refractivity contribution is 5.87. The summed E-state index contributed by atoms with van der Waals surface area (Å²) in [5.41, 5.74) is 2.57. The summed E-state index contributed by atoms with van der Waals surface area (Å²) in [5.74, 6) is -0.331. The lowest BCUT2D eigenvalue weighted by atomic mass is 10.1. The fourth-order valence-electron chi connectivity index (χ4n) is 1.78. The Balaban J connectivity index is 2.86. The van der Waals surface area contributed by atoms with Gasteiger partial charge in [-0.05, 0) is 31.4 Å². The number of carbonyl (C=O) groups is 2. The molecule has 1 rings (SSSR count). The van der Waals surface area contributed by atoms with Crippen LogP contribution in [0.1, 0.15) is 48.4 Å². The number of aromatic amines is 1. The number of esters is 1. The normalized spacial score (nSPS) is 10.2. The summed E-state index contributed by atoms with van der Waals surface area (Å²) < 4.78 is 4.94. The maximum atomic E-state index is 11.6. The molecule has 0 spiro atoms. The summed E-state index contributed by atoms with van der Waals surface area (Å²) in [6, 6.07) is 1.83. The molecule has 0 bridgehead atoms. The lowest BCUT2D eigenvalue weighted by molar-refractivity contribution is -0.107. The summed E-state index contributed by atoms with van der Waals surface area (Å²) in [4.78, 5) is 25.0. The molecule has 0 radical (unpaired) electrons. The number of hydrogen-bond donors (Lipinski definition) is 1. The van der Waals surface area contributed by atoms with Gasteiger partial charge in [-0.3, -0.25) is 0 Å². The van der Waals surface area contributed by atoms with Gasteiger partial charge in [0.2, 0.25) is 0 Å². The van der Waals surface area contributed by atoms with Crippen molar-refractivity contribution in [3.8, 4) is 0 Å². The number of ether oxygens (including phenoxy) is 1. The Morgan fingerprint density at radius 3 is 2.76 bits per heavy atom. The molecular weight excluding hydrogens is 218 g/mol. The first-order valence-corrected chi connectivity index (χ1v) is 6.04. The third kappa shape index (κ3) is 3.73. The first-order chi connectivity index (χ1) is 8.22. The van der Waals surface area contributed by atoms with Crippen molar-refractivity contribution in [3.63, 3.8) is 0 Å². The topological polar surface area (TPSA) is 59.2 Å². The molecule has 1 aromatic heterocycles. The molecule has 17 heavy (non-hydrogen) atoms. The number of aryl methyl sites for hydroxylation is 2. The molecular formula is C13H19NO3. The van der Waals surface area contributed by atoms with Gasteiger partial charge < -0.3 is 14.5 Å². The predicted molar refractivity (Wildman–Crippen MR) is 65.1 cm³/mol. The van der Waals surface area contributed by atoms with Crippen molar-refractivity contribution in [2.75, 3.05) is 6.61 Å². The van der Waals surface area contributed by atoms with Gasteiger partial charge in [0.1, 0.15) is 12.0 Å². The van der Waals surface area contributed by atoms with Crippen LogP contribution < -0.4 is 0 Å². The van der Waals surface area contributed by atoms with E-state index >= 15 is 0 Å². The standard InChI is InChI=1S/C13H19NO3/c1-3-6-10-9-12(13(16)17-4-2)14-11(10)7-5-8-15/h8-9,14H,3-7H2,1-2H3. The number of carbonyl (C=O) groups excluding carboxylic acids is 2. The molecule has 0 unspecified atom stereocenters. The molecule has 0 atom stereocenters. The minimum atomic E-state index is -0.331. The Kier molecular flexibility index (Phi) is 5.46. The van der Waals surface area contributed by atoms with Crippen LogP contribution in [-0.2, 0) is 22.4 Å². The maximum absolute atomic E-state index is 11.6. The van der Waals surface area contributed by atoms with E-state index in [2.05, 4.69) is 11.9 Å². The molecule has 4 nitrogen and oxygen atoms in total. The van der Waals surface area contributed by atoms with Crippen molar-refractivity contribution in [1.29, 1.82) is 0 Å². The number of hydrogen-bond acceptors (Lipinski definition) is 3. The monoisotopic (exact) mass is 237 g/mol. The Labute approximate surface area is 101 Å². The first-order valence-electron chi connectivity index (χ1n) is 6.04.